The van der Waals surface area contributed by atoms with Crippen molar-refractivity contribution in [1.29, 1.82) is 0 Å². The van der Waals surface area contributed by atoms with Crippen molar-refractivity contribution in [1.82, 2.24) is 19.5 Å². The van der Waals surface area contributed by atoms with Gasteiger partial charge in [0, 0.05) is 44.9 Å². The van der Waals surface area contributed by atoms with Crippen molar-refractivity contribution in [3.8, 4) is 22.6 Å². The van der Waals surface area contributed by atoms with Gasteiger partial charge in [0.25, 0.3) is 6.01 Å². The molecule has 34 heavy (non-hydrogen) atoms. The van der Waals surface area contributed by atoms with Gasteiger partial charge in [0.15, 0.2) is 0 Å². The quantitative estimate of drug-likeness (QED) is 0.375. The number of anilines is 1. The number of fused-ring (bicyclic) bond motifs is 1. The maximum absolute atomic E-state index is 14.7. The van der Waals surface area contributed by atoms with Crippen LogP contribution >= 0.6 is 0 Å². The van der Waals surface area contributed by atoms with Gasteiger partial charge in [-0.25, -0.2) is 18.7 Å². The minimum atomic E-state index is -0.736. The fraction of sp³-hybridized carbons (Fsp3) is 0.375. The monoisotopic (exact) mass is 471 g/mol. The number of oxazole rings is 1. The van der Waals surface area contributed by atoms with E-state index in [1.807, 2.05) is 6.92 Å². The van der Waals surface area contributed by atoms with Crippen LogP contribution in [-0.4, -0.2) is 50.5 Å². The summed E-state index contributed by atoms with van der Waals surface area (Å²) in [5.41, 5.74) is 2.30. The number of halogens is 2. The molecule has 1 aromatic carbocycles. The number of methoxy groups -OCH3 is 1. The van der Waals surface area contributed by atoms with Gasteiger partial charge < -0.3 is 24.1 Å². The number of hydrogen-bond donors (Lipinski definition) is 2. The molecule has 180 valence electrons. The average Bonchev–Trinajstić information content (AvgIpc) is 3.31. The molecule has 0 radical (unpaired) electrons. The molecule has 0 saturated heterocycles. The zero-order valence-corrected chi connectivity index (χ0v) is 19.5. The van der Waals surface area contributed by atoms with Gasteiger partial charge in [-0.3, -0.25) is 0 Å². The molecular formula is C24H27F2N5O3. The molecule has 0 saturated carbocycles. The third-order valence-electron chi connectivity index (χ3n) is 5.47. The first-order valence-corrected chi connectivity index (χ1v) is 11.0. The van der Waals surface area contributed by atoms with Gasteiger partial charge in [-0.05, 0) is 44.5 Å². The number of hydrogen-bond acceptors (Lipinski definition) is 7. The predicted molar refractivity (Wildman–Crippen MR) is 124 cm³/mol. The fourth-order valence-corrected chi connectivity index (χ4v) is 3.74. The molecule has 0 fully saturated rings. The van der Waals surface area contributed by atoms with Crippen molar-refractivity contribution in [2.45, 2.75) is 38.8 Å². The number of pyridine rings is 1. The molecular weight excluding hydrogens is 444 g/mol. The average molecular weight is 472 g/mol. The predicted octanol–water partition coefficient (Wildman–Crippen LogP) is 4.33. The van der Waals surface area contributed by atoms with Gasteiger partial charge in [-0.15, -0.1) is 0 Å². The SMILES string of the molecule is COCC[C@H](C)Nc1nc2ccc(-c3c(-c4ccc(F)cc4F)nc(C[C@H](C)O)n3C)nc2o1. The van der Waals surface area contributed by atoms with Crippen molar-refractivity contribution >= 4 is 17.2 Å². The van der Waals surface area contributed by atoms with Crippen LogP contribution in [0.4, 0.5) is 14.8 Å². The molecule has 0 bridgehead atoms. The highest BCUT2D eigenvalue weighted by Gasteiger charge is 2.23. The summed E-state index contributed by atoms with van der Waals surface area (Å²) < 4.78 is 40.9. The molecule has 0 aliphatic carbocycles. The Kier molecular flexibility index (Phi) is 6.90. The fourth-order valence-electron chi connectivity index (χ4n) is 3.74. The lowest BCUT2D eigenvalue weighted by molar-refractivity contribution is 0.191. The van der Waals surface area contributed by atoms with Crippen molar-refractivity contribution < 1.29 is 23.0 Å². The van der Waals surface area contributed by atoms with Crippen molar-refractivity contribution in [2.75, 3.05) is 19.0 Å². The van der Waals surface area contributed by atoms with E-state index >= 15 is 0 Å². The summed E-state index contributed by atoms with van der Waals surface area (Å²) in [5.74, 6) is -0.873. The maximum Gasteiger partial charge on any atom is 0.297 e. The number of nitrogens with one attached hydrogen (secondary N) is 1. The van der Waals surface area contributed by atoms with Crippen LogP contribution in [0.5, 0.6) is 0 Å². The minimum Gasteiger partial charge on any atom is -0.404 e. The first-order chi connectivity index (χ1) is 16.3. The van der Waals surface area contributed by atoms with Crippen LogP contribution in [0, 0.1) is 11.6 Å². The molecule has 10 heteroatoms. The summed E-state index contributed by atoms with van der Waals surface area (Å²) >= 11 is 0. The first-order valence-electron chi connectivity index (χ1n) is 11.0. The van der Waals surface area contributed by atoms with Crippen molar-refractivity contribution in [3.63, 3.8) is 0 Å². The van der Waals surface area contributed by atoms with Gasteiger partial charge in [0.05, 0.1) is 17.5 Å². The second-order valence-corrected chi connectivity index (χ2v) is 8.33. The van der Waals surface area contributed by atoms with E-state index in [-0.39, 0.29) is 18.0 Å². The van der Waals surface area contributed by atoms with Crippen LogP contribution < -0.4 is 5.32 Å². The van der Waals surface area contributed by atoms with Crippen molar-refractivity contribution in [2.24, 2.45) is 7.05 Å². The van der Waals surface area contributed by atoms with Crippen LogP contribution in [0.2, 0.25) is 0 Å². The number of benzene rings is 1. The Morgan fingerprint density at radius 3 is 2.65 bits per heavy atom. The third-order valence-corrected chi connectivity index (χ3v) is 5.47. The zero-order valence-electron chi connectivity index (χ0n) is 19.5. The molecule has 2 N–H and O–H groups in total. The second-order valence-electron chi connectivity index (χ2n) is 8.33. The standard InChI is InChI=1S/C24H27F2N5O3/c1-13(9-10-33-4)27-24-29-19-8-7-18(28-23(19)34-24)22-21(16-6-5-15(25)12-17(16)26)30-20(31(22)3)11-14(2)32/h5-8,12-14,32H,9-11H2,1-4H3,(H,27,29)/t13-,14-/m0/s1. The van der Waals surface area contributed by atoms with E-state index in [2.05, 4.69) is 20.3 Å². The maximum atomic E-state index is 14.7. The van der Waals surface area contributed by atoms with E-state index in [4.69, 9.17) is 9.15 Å². The number of imidazole rings is 1. The van der Waals surface area contributed by atoms with Crippen LogP contribution in [0.25, 0.3) is 33.9 Å². The molecule has 3 aromatic heterocycles. The Balaban J connectivity index is 1.77. The van der Waals surface area contributed by atoms with Gasteiger partial charge in [-0.2, -0.15) is 4.98 Å². The van der Waals surface area contributed by atoms with Gasteiger partial charge in [-0.1, -0.05) is 0 Å². The van der Waals surface area contributed by atoms with Gasteiger partial charge in [0.2, 0.25) is 5.71 Å². The third kappa shape index (κ3) is 4.92. The zero-order chi connectivity index (χ0) is 24.4. The number of aromatic nitrogens is 4. The van der Waals surface area contributed by atoms with Gasteiger partial charge >= 0.3 is 0 Å². The van der Waals surface area contributed by atoms with Crippen LogP contribution in [0.1, 0.15) is 26.1 Å². The van der Waals surface area contributed by atoms with Crippen LogP contribution in [0.3, 0.4) is 0 Å². The molecule has 8 nitrogen and oxygen atoms in total. The Morgan fingerprint density at radius 2 is 1.94 bits per heavy atom. The summed E-state index contributed by atoms with van der Waals surface area (Å²) in [6, 6.07) is 7.28. The van der Waals surface area contributed by atoms with Gasteiger partial charge in [0.1, 0.15) is 28.7 Å². The lowest BCUT2D eigenvalue weighted by Crippen LogP contribution is -2.17. The highest BCUT2D eigenvalue weighted by Crippen LogP contribution is 2.34. The molecule has 0 spiro atoms. The summed E-state index contributed by atoms with van der Waals surface area (Å²) in [4.78, 5) is 13.6. The molecule has 0 unspecified atom stereocenters. The molecule has 4 rings (SSSR count). The lowest BCUT2D eigenvalue weighted by Gasteiger charge is -2.10. The highest BCUT2D eigenvalue weighted by molar-refractivity contribution is 5.81. The van der Waals surface area contributed by atoms with E-state index < -0.39 is 17.7 Å². The smallest absolute Gasteiger partial charge is 0.297 e. The molecule has 3 heterocycles. The first kappa shape index (κ1) is 23.8. The number of aliphatic hydroxyl groups excluding tert-OH is 1. The number of nitrogens with zero attached hydrogens (tertiary/aromatic N) is 4. The topological polar surface area (TPSA) is 98.2 Å². The summed E-state index contributed by atoms with van der Waals surface area (Å²) in [7, 11) is 3.41. The second kappa shape index (κ2) is 9.86. The van der Waals surface area contributed by atoms with E-state index in [1.165, 1.54) is 12.1 Å². The Bertz CT molecular complexity index is 1300. The highest BCUT2D eigenvalue weighted by atomic mass is 19.1. The van der Waals surface area contributed by atoms with Crippen LogP contribution in [-0.2, 0) is 18.2 Å². The Hall–Kier alpha value is -3.37. The largest absolute Gasteiger partial charge is 0.404 e. The van der Waals surface area contributed by atoms with E-state index in [0.29, 0.717) is 46.8 Å². The summed E-state index contributed by atoms with van der Waals surface area (Å²) in [6.45, 7) is 4.25. The van der Waals surface area contributed by atoms with E-state index in [9.17, 15) is 13.9 Å². The lowest BCUT2D eigenvalue weighted by atomic mass is 10.1. The summed E-state index contributed by atoms with van der Waals surface area (Å²) in [6.07, 6.45) is 0.379. The molecule has 0 amide bonds. The molecule has 2 atom stereocenters. The van der Waals surface area contributed by atoms with E-state index in [0.717, 1.165) is 12.5 Å². The summed E-state index contributed by atoms with van der Waals surface area (Å²) in [5, 5.41) is 13.1. The van der Waals surface area contributed by atoms with Crippen molar-refractivity contribution in [3.05, 3.63) is 47.8 Å². The molecule has 0 aliphatic rings. The number of aliphatic hydroxyl groups is 1. The van der Waals surface area contributed by atoms with E-state index in [1.54, 1.807) is 37.8 Å². The number of ether oxygens (including phenoxy) is 1. The molecule has 0 aliphatic heterocycles. The number of rotatable bonds is 9. The molecule has 4 aromatic rings. The normalized spacial score (nSPS) is 13.4. The Labute approximate surface area is 195 Å². The minimum absolute atomic E-state index is 0.0839. The van der Waals surface area contributed by atoms with Crippen LogP contribution in [0.15, 0.2) is 34.7 Å². The Morgan fingerprint density at radius 1 is 1.15 bits per heavy atom.